The minimum Gasteiger partial charge on any atom is -0.508 e. The van der Waals surface area contributed by atoms with E-state index in [9.17, 15) is 5.11 Å². The topological polar surface area (TPSA) is 32.3 Å². The fraction of sp³-hybridized carbons (Fsp3) is 0.333. The molecule has 0 saturated carbocycles. The Bertz CT molecular complexity index is 536. The van der Waals surface area contributed by atoms with Gasteiger partial charge in [0, 0.05) is 17.6 Å². The SMILES string of the molecule is CC(NC(c1ccccc1)C(C)C)c1ccccc1O. The van der Waals surface area contributed by atoms with E-state index in [0.29, 0.717) is 11.7 Å². The minimum atomic E-state index is 0.101. The summed E-state index contributed by atoms with van der Waals surface area (Å²) >= 11 is 0. The molecule has 0 amide bonds. The van der Waals surface area contributed by atoms with Gasteiger partial charge in [-0.15, -0.1) is 0 Å². The maximum absolute atomic E-state index is 9.96. The summed E-state index contributed by atoms with van der Waals surface area (Å²) in [5.74, 6) is 0.828. The Morgan fingerprint density at radius 1 is 0.850 bits per heavy atom. The van der Waals surface area contributed by atoms with Crippen LogP contribution in [0, 0.1) is 5.92 Å². The Hall–Kier alpha value is -1.80. The predicted octanol–water partition coefficient (Wildman–Crippen LogP) is 4.44. The molecule has 2 nitrogen and oxygen atoms in total. The third-order valence-electron chi connectivity index (χ3n) is 3.66. The molecule has 0 spiro atoms. The molecule has 2 heteroatoms. The van der Waals surface area contributed by atoms with Crippen molar-refractivity contribution in [3.05, 3.63) is 65.7 Å². The summed E-state index contributed by atoms with van der Waals surface area (Å²) in [7, 11) is 0. The fourth-order valence-electron chi connectivity index (χ4n) is 2.55. The standard InChI is InChI=1S/C18H23NO/c1-13(2)18(15-9-5-4-6-10-15)19-14(3)16-11-7-8-12-17(16)20/h4-14,18-20H,1-3H3. The number of nitrogens with one attached hydrogen (secondary N) is 1. The van der Waals surface area contributed by atoms with E-state index in [-0.39, 0.29) is 12.1 Å². The molecule has 0 saturated heterocycles. The van der Waals surface area contributed by atoms with Gasteiger partial charge in [0.1, 0.15) is 5.75 Å². The van der Waals surface area contributed by atoms with E-state index >= 15 is 0 Å². The highest BCUT2D eigenvalue weighted by Gasteiger charge is 2.19. The lowest BCUT2D eigenvalue weighted by Gasteiger charge is -2.27. The van der Waals surface area contributed by atoms with Crippen LogP contribution in [0.15, 0.2) is 54.6 Å². The van der Waals surface area contributed by atoms with Gasteiger partial charge in [-0.25, -0.2) is 0 Å². The smallest absolute Gasteiger partial charge is 0.120 e. The maximum Gasteiger partial charge on any atom is 0.120 e. The minimum absolute atomic E-state index is 0.101. The summed E-state index contributed by atoms with van der Waals surface area (Å²) in [5, 5.41) is 13.6. The van der Waals surface area contributed by atoms with Gasteiger partial charge in [0.2, 0.25) is 0 Å². The lowest BCUT2D eigenvalue weighted by molar-refractivity contribution is 0.366. The molecule has 2 unspecified atom stereocenters. The average Bonchev–Trinajstić information content (AvgIpc) is 2.45. The van der Waals surface area contributed by atoms with Crippen molar-refractivity contribution in [1.82, 2.24) is 5.32 Å². The number of rotatable bonds is 5. The number of phenols is 1. The Kier molecular flexibility index (Phi) is 4.80. The van der Waals surface area contributed by atoms with Crippen LogP contribution >= 0.6 is 0 Å². The van der Waals surface area contributed by atoms with Gasteiger partial charge in [0.15, 0.2) is 0 Å². The highest BCUT2D eigenvalue weighted by molar-refractivity contribution is 5.34. The van der Waals surface area contributed by atoms with E-state index in [1.165, 1.54) is 5.56 Å². The van der Waals surface area contributed by atoms with Gasteiger partial charge in [0.05, 0.1) is 0 Å². The van der Waals surface area contributed by atoms with Crippen LogP contribution in [0.5, 0.6) is 5.75 Å². The molecule has 0 fully saturated rings. The zero-order valence-electron chi connectivity index (χ0n) is 12.4. The first kappa shape index (κ1) is 14.6. The highest BCUT2D eigenvalue weighted by Crippen LogP contribution is 2.29. The molecule has 0 heterocycles. The molecule has 0 aliphatic rings. The van der Waals surface area contributed by atoms with Crippen LogP contribution in [0.25, 0.3) is 0 Å². The second kappa shape index (κ2) is 6.58. The number of benzene rings is 2. The van der Waals surface area contributed by atoms with Crippen molar-refractivity contribution in [3.8, 4) is 5.75 Å². The van der Waals surface area contributed by atoms with Crippen LogP contribution in [-0.2, 0) is 0 Å². The number of phenolic OH excluding ortho intramolecular Hbond substituents is 1. The molecular weight excluding hydrogens is 246 g/mol. The van der Waals surface area contributed by atoms with E-state index < -0.39 is 0 Å². The molecule has 2 N–H and O–H groups in total. The molecule has 2 aromatic rings. The summed E-state index contributed by atoms with van der Waals surface area (Å²) in [6.45, 7) is 6.51. The highest BCUT2D eigenvalue weighted by atomic mass is 16.3. The number of para-hydroxylation sites is 1. The third-order valence-corrected chi connectivity index (χ3v) is 3.66. The second-order valence-electron chi connectivity index (χ2n) is 5.58. The molecule has 0 aliphatic heterocycles. The zero-order valence-corrected chi connectivity index (χ0v) is 12.4. The number of hydrogen-bond donors (Lipinski definition) is 2. The van der Waals surface area contributed by atoms with E-state index in [4.69, 9.17) is 0 Å². The van der Waals surface area contributed by atoms with Crippen LogP contribution in [0.3, 0.4) is 0 Å². The van der Waals surface area contributed by atoms with Gasteiger partial charge in [-0.05, 0) is 24.5 Å². The molecule has 0 aliphatic carbocycles. The van der Waals surface area contributed by atoms with Crippen LogP contribution in [0.4, 0.5) is 0 Å². The summed E-state index contributed by atoms with van der Waals surface area (Å²) in [6, 6.07) is 18.3. The second-order valence-corrected chi connectivity index (χ2v) is 5.58. The summed E-state index contributed by atoms with van der Waals surface area (Å²) in [6.07, 6.45) is 0. The van der Waals surface area contributed by atoms with Gasteiger partial charge >= 0.3 is 0 Å². The van der Waals surface area contributed by atoms with Crippen molar-refractivity contribution >= 4 is 0 Å². The maximum atomic E-state index is 9.96. The number of hydrogen-bond acceptors (Lipinski definition) is 2. The first-order chi connectivity index (χ1) is 9.59. The first-order valence-electron chi connectivity index (χ1n) is 7.18. The van der Waals surface area contributed by atoms with Crippen molar-refractivity contribution in [3.63, 3.8) is 0 Å². The van der Waals surface area contributed by atoms with Crippen LogP contribution < -0.4 is 5.32 Å². The summed E-state index contributed by atoms with van der Waals surface area (Å²) < 4.78 is 0. The largest absolute Gasteiger partial charge is 0.508 e. The average molecular weight is 269 g/mol. The molecule has 0 radical (unpaired) electrons. The monoisotopic (exact) mass is 269 g/mol. The summed E-state index contributed by atoms with van der Waals surface area (Å²) in [5.41, 5.74) is 2.22. The molecule has 2 atom stereocenters. The lowest BCUT2D eigenvalue weighted by atomic mass is 9.94. The van der Waals surface area contributed by atoms with E-state index in [1.807, 2.05) is 24.3 Å². The Balaban J connectivity index is 2.19. The molecule has 0 bridgehead atoms. The normalized spacial score (nSPS) is 14.2. The Morgan fingerprint density at radius 2 is 1.45 bits per heavy atom. The molecule has 106 valence electrons. The predicted molar refractivity (Wildman–Crippen MR) is 83.7 cm³/mol. The Morgan fingerprint density at radius 3 is 2.05 bits per heavy atom. The van der Waals surface area contributed by atoms with Crippen LogP contribution in [0.2, 0.25) is 0 Å². The fourth-order valence-corrected chi connectivity index (χ4v) is 2.55. The van der Waals surface area contributed by atoms with Gasteiger partial charge < -0.3 is 10.4 Å². The van der Waals surface area contributed by atoms with Crippen molar-refractivity contribution < 1.29 is 5.11 Å². The zero-order chi connectivity index (χ0) is 14.5. The third kappa shape index (κ3) is 3.40. The quantitative estimate of drug-likeness (QED) is 0.841. The van der Waals surface area contributed by atoms with Crippen LogP contribution in [0.1, 0.15) is 44.0 Å². The lowest BCUT2D eigenvalue weighted by Crippen LogP contribution is -2.28. The molecule has 20 heavy (non-hydrogen) atoms. The van der Waals surface area contributed by atoms with E-state index in [0.717, 1.165) is 5.56 Å². The van der Waals surface area contributed by atoms with Gasteiger partial charge in [-0.2, -0.15) is 0 Å². The van der Waals surface area contributed by atoms with Crippen molar-refractivity contribution in [2.75, 3.05) is 0 Å². The Labute approximate surface area is 121 Å². The number of aromatic hydroxyl groups is 1. The first-order valence-corrected chi connectivity index (χ1v) is 7.18. The van der Waals surface area contributed by atoms with Crippen LogP contribution in [-0.4, -0.2) is 5.11 Å². The van der Waals surface area contributed by atoms with E-state index in [1.54, 1.807) is 6.07 Å². The molecule has 2 aromatic carbocycles. The van der Waals surface area contributed by atoms with Crippen molar-refractivity contribution in [2.24, 2.45) is 5.92 Å². The molecular formula is C18H23NO. The van der Waals surface area contributed by atoms with E-state index in [2.05, 4.69) is 50.4 Å². The summed E-state index contributed by atoms with van der Waals surface area (Å²) in [4.78, 5) is 0. The molecule has 0 aromatic heterocycles. The van der Waals surface area contributed by atoms with Gasteiger partial charge in [0.25, 0.3) is 0 Å². The van der Waals surface area contributed by atoms with Gasteiger partial charge in [-0.3, -0.25) is 0 Å². The van der Waals surface area contributed by atoms with Crippen molar-refractivity contribution in [1.29, 1.82) is 0 Å². The van der Waals surface area contributed by atoms with Crippen molar-refractivity contribution in [2.45, 2.75) is 32.9 Å². The van der Waals surface area contributed by atoms with Gasteiger partial charge in [-0.1, -0.05) is 62.4 Å². The molecule has 2 rings (SSSR count).